The quantitative estimate of drug-likeness (QED) is 0.794. The summed E-state index contributed by atoms with van der Waals surface area (Å²) in [5.41, 5.74) is 8.64. The molecule has 0 saturated heterocycles. The maximum Gasteiger partial charge on any atom is 0.258 e. The van der Waals surface area contributed by atoms with Crippen LogP contribution in [0.3, 0.4) is 0 Å². The molecule has 3 N–H and O–H groups in total. The number of hydrogen-bond donors (Lipinski definition) is 2. The van der Waals surface area contributed by atoms with Crippen molar-refractivity contribution in [3.63, 3.8) is 0 Å². The first-order valence-electron chi connectivity index (χ1n) is 5.67. The van der Waals surface area contributed by atoms with Crippen LogP contribution in [0.1, 0.15) is 21.6 Å². The normalized spacial score (nSPS) is 10.1. The van der Waals surface area contributed by atoms with E-state index in [1.54, 1.807) is 18.2 Å². The van der Waals surface area contributed by atoms with Crippen molar-refractivity contribution in [3.8, 4) is 0 Å². The van der Waals surface area contributed by atoms with Gasteiger partial charge >= 0.3 is 0 Å². The Bertz CT molecular complexity index is 593. The molecule has 0 spiro atoms. The number of pyridine rings is 1. The van der Waals surface area contributed by atoms with Gasteiger partial charge in [0.1, 0.15) is 5.82 Å². The van der Waals surface area contributed by atoms with Gasteiger partial charge in [-0.15, -0.1) is 0 Å². The van der Waals surface area contributed by atoms with Gasteiger partial charge in [-0.25, -0.2) is 4.98 Å². The van der Waals surface area contributed by atoms with Crippen LogP contribution in [0.15, 0.2) is 36.4 Å². The fraction of sp³-hybridized carbons (Fsp3) is 0.143. The molecular formula is C14H15N3O. The Balaban J connectivity index is 2.22. The highest BCUT2D eigenvalue weighted by Gasteiger charge is 2.10. The summed E-state index contributed by atoms with van der Waals surface area (Å²) in [5, 5.41) is 2.73. The number of rotatable bonds is 2. The molecule has 1 amide bonds. The number of nitrogen functional groups attached to an aromatic ring is 1. The minimum absolute atomic E-state index is 0.245. The molecule has 0 atom stereocenters. The van der Waals surface area contributed by atoms with E-state index in [1.807, 2.05) is 32.0 Å². The van der Waals surface area contributed by atoms with Crippen molar-refractivity contribution < 1.29 is 4.79 Å². The number of carbonyl (C=O) groups excluding carboxylic acids is 1. The number of anilines is 2. The van der Waals surface area contributed by atoms with Gasteiger partial charge in [-0.1, -0.05) is 12.1 Å². The zero-order valence-electron chi connectivity index (χ0n) is 10.4. The second-order valence-corrected chi connectivity index (χ2v) is 4.21. The lowest BCUT2D eigenvalue weighted by Crippen LogP contribution is -2.15. The van der Waals surface area contributed by atoms with Crippen LogP contribution in [0.2, 0.25) is 0 Å². The van der Waals surface area contributed by atoms with Gasteiger partial charge < -0.3 is 11.1 Å². The summed E-state index contributed by atoms with van der Waals surface area (Å²) in [6.45, 7) is 3.80. The molecule has 1 heterocycles. The van der Waals surface area contributed by atoms with Crippen LogP contribution in [-0.4, -0.2) is 10.9 Å². The Morgan fingerprint density at radius 3 is 2.67 bits per heavy atom. The van der Waals surface area contributed by atoms with Crippen molar-refractivity contribution in [3.05, 3.63) is 53.2 Å². The molecular weight excluding hydrogens is 226 g/mol. The Kier molecular flexibility index (Phi) is 3.28. The van der Waals surface area contributed by atoms with E-state index in [2.05, 4.69) is 10.3 Å². The van der Waals surface area contributed by atoms with E-state index in [-0.39, 0.29) is 5.91 Å². The number of carbonyl (C=O) groups is 1. The first-order valence-corrected chi connectivity index (χ1v) is 5.67. The summed E-state index contributed by atoms with van der Waals surface area (Å²) in [5.74, 6) is 0.283. The van der Waals surface area contributed by atoms with Crippen molar-refractivity contribution in [1.29, 1.82) is 0 Å². The van der Waals surface area contributed by atoms with Gasteiger partial charge in [-0.3, -0.25) is 4.79 Å². The van der Waals surface area contributed by atoms with E-state index >= 15 is 0 Å². The molecule has 0 aliphatic carbocycles. The van der Waals surface area contributed by atoms with Crippen molar-refractivity contribution in [2.75, 3.05) is 11.1 Å². The lowest BCUT2D eigenvalue weighted by Gasteiger charge is -2.08. The first-order chi connectivity index (χ1) is 8.56. The summed E-state index contributed by atoms with van der Waals surface area (Å²) in [6, 6.07) is 10.8. The average molecular weight is 241 g/mol. The van der Waals surface area contributed by atoms with Gasteiger partial charge in [-0.05, 0) is 43.7 Å². The summed E-state index contributed by atoms with van der Waals surface area (Å²) >= 11 is 0. The molecule has 0 fully saturated rings. The fourth-order valence-corrected chi connectivity index (χ4v) is 1.69. The highest BCUT2D eigenvalue weighted by molar-refractivity contribution is 6.07. The highest BCUT2D eigenvalue weighted by Crippen LogP contribution is 2.15. The highest BCUT2D eigenvalue weighted by atomic mass is 16.1. The van der Waals surface area contributed by atoms with E-state index in [4.69, 9.17) is 5.73 Å². The molecule has 0 bridgehead atoms. The van der Waals surface area contributed by atoms with Gasteiger partial charge in [-0.2, -0.15) is 0 Å². The molecule has 0 radical (unpaired) electrons. The minimum atomic E-state index is -0.245. The van der Waals surface area contributed by atoms with Gasteiger partial charge in [0, 0.05) is 11.4 Å². The molecule has 2 rings (SSSR count). The topological polar surface area (TPSA) is 68.0 Å². The molecule has 0 aliphatic heterocycles. The van der Waals surface area contributed by atoms with Gasteiger partial charge in [0.15, 0.2) is 0 Å². The lowest BCUT2D eigenvalue weighted by atomic mass is 10.1. The van der Waals surface area contributed by atoms with Gasteiger partial charge in [0.2, 0.25) is 0 Å². The van der Waals surface area contributed by atoms with Crippen LogP contribution in [0.25, 0.3) is 0 Å². The molecule has 0 saturated carbocycles. The third kappa shape index (κ3) is 2.66. The predicted molar refractivity (Wildman–Crippen MR) is 72.5 cm³/mol. The maximum atomic E-state index is 12.0. The Morgan fingerprint density at radius 2 is 2.00 bits per heavy atom. The van der Waals surface area contributed by atoms with E-state index < -0.39 is 0 Å². The molecule has 18 heavy (non-hydrogen) atoms. The molecule has 2 aromatic rings. The van der Waals surface area contributed by atoms with Crippen LogP contribution in [0.5, 0.6) is 0 Å². The third-order valence-corrected chi connectivity index (χ3v) is 2.58. The summed E-state index contributed by atoms with van der Waals surface area (Å²) < 4.78 is 0. The maximum absolute atomic E-state index is 12.0. The van der Waals surface area contributed by atoms with Gasteiger partial charge in [0.05, 0.1) is 5.56 Å². The Labute approximate surface area is 106 Å². The summed E-state index contributed by atoms with van der Waals surface area (Å²) in [7, 11) is 0. The molecule has 4 nitrogen and oxygen atoms in total. The standard InChI is InChI=1S/C14H15N3O/c1-9-6-7-11(12(15)8-9)14(18)17-13-5-3-4-10(2)16-13/h3-8H,15H2,1-2H3,(H,16,17,18). The molecule has 1 aromatic carbocycles. The number of nitrogens with two attached hydrogens (primary N) is 1. The molecule has 0 unspecified atom stereocenters. The van der Waals surface area contributed by atoms with E-state index in [0.717, 1.165) is 11.3 Å². The number of aryl methyl sites for hydroxylation is 2. The van der Waals surface area contributed by atoms with Crippen LogP contribution in [0, 0.1) is 13.8 Å². The predicted octanol–water partition coefficient (Wildman–Crippen LogP) is 2.53. The van der Waals surface area contributed by atoms with Crippen molar-refractivity contribution >= 4 is 17.4 Å². The SMILES string of the molecule is Cc1ccc(C(=O)Nc2cccc(C)n2)c(N)c1. The second-order valence-electron chi connectivity index (χ2n) is 4.21. The number of benzene rings is 1. The zero-order valence-corrected chi connectivity index (χ0v) is 10.4. The number of hydrogen-bond acceptors (Lipinski definition) is 3. The van der Waals surface area contributed by atoms with E-state index in [1.165, 1.54) is 0 Å². The van der Waals surface area contributed by atoms with Crippen LogP contribution < -0.4 is 11.1 Å². The molecule has 4 heteroatoms. The zero-order chi connectivity index (χ0) is 13.1. The van der Waals surface area contributed by atoms with Crippen LogP contribution >= 0.6 is 0 Å². The minimum Gasteiger partial charge on any atom is -0.398 e. The monoisotopic (exact) mass is 241 g/mol. The number of nitrogens with zero attached hydrogens (tertiary/aromatic N) is 1. The number of nitrogens with one attached hydrogen (secondary N) is 1. The van der Waals surface area contributed by atoms with Crippen LogP contribution in [-0.2, 0) is 0 Å². The fourth-order valence-electron chi connectivity index (χ4n) is 1.69. The van der Waals surface area contributed by atoms with Crippen molar-refractivity contribution in [2.24, 2.45) is 0 Å². The van der Waals surface area contributed by atoms with Crippen molar-refractivity contribution in [2.45, 2.75) is 13.8 Å². The third-order valence-electron chi connectivity index (χ3n) is 2.58. The molecule has 92 valence electrons. The largest absolute Gasteiger partial charge is 0.398 e. The lowest BCUT2D eigenvalue weighted by molar-refractivity contribution is 0.102. The average Bonchev–Trinajstić information content (AvgIpc) is 2.28. The molecule has 1 aromatic heterocycles. The smallest absolute Gasteiger partial charge is 0.258 e. The molecule has 0 aliphatic rings. The Hall–Kier alpha value is -2.36. The van der Waals surface area contributed by atoms with Crippen LogP contribution in [0.4, 0.5) is 11.5 Å². The summed E-state index contributed by atoms with van der Waals surface area (Å²) in [6.07, 6.45) is 0. The van der Waals surface area contributed by atoms with Gasteiger partial charge in [0.25, 0.3) is 5.91 Å². The Morgan fingerprint density at radius 1 is 1.22 bits per heavy atom. The summed E-state index contributed by atoms with van der Waals surface area (Å²) in [4.78, 5) is 16.2. The first kappa shape index (κ1) is 12.1. The number of amides is 1. The van der Waals surface area contributed by atoms with E-state index in [9.17, 15) is 4.79 Å². The second kappa shape index (κ2) is 4.87. The van der Waals surface area contributed by atoms with Crippen molar-refractivity contribution in [1.82, 2.24) is 4.98 Å². The van der Waals surface area contributed by atoms with E-state index in [0.29, 0.717) is 17.1 Å². The number of aromatic nitrogens is 1.